The molecule has 1 fully saturated rings. The number of hydrogen-bond acceptors (Lipinski definition) is 5. The number of nitrogens with one attached hydrogen (secondary N) is 1. The van der Waals surface area contributed by atoms with E-state index >= 15 is 0 Å². The van der Waals surface area contributed by atoms with E-state index in [2.05, 4.69) is 5.32 Å². The molecule has 6 nitrogen and oxygen atoms in total. The quantitative estimate of drug-likeness (QED) is 0.667. The van der Waals surface area contributed by atoms with Crippen molar-refractivity contribution in [3.8, 4) is 0 Å². The molecule has 24 heavy (non-hydrogen) atoms. The van der Waals surface area contributed by atoms with Gasteiger partial charge in [0.2, 0.25) is 5.91 Å². The van der Waals surface area contributed by atoms with E-state index in [0.717, 1.165) is 4.88 Å². The van der Waals surface area contributed by atoms with E-state index in [-0.39, 0.29) is 22.4 Å². The normalized spacial score (nSPS) is 15.2. The lowest BCUT2D eigenvalue weighted by atomic mass is 9.95. The number of nitro benzene ring substituents is 1. The molecule has 1 N–H and O–H groups in total. The number of rotatable bonds is 5. The molecule has 1 aliphatic rings. The summed E-state index contributed by atoms with van der Waals surface area (Å²) in [5.74, 6) is 0.0505. The number of thiophene rings is 1. The van der Waals surface area contributed by atoms with Gasteiger partial charge in [-0.1, -0.05) is 18.2 Å². The first-order chi connectivity index (χ1) is 11.6. The molecule has 1 aromatic carbocycles. The Balaban J connectivity index is 1.56. The monoisotopic (exact) mass is 345 g/mol. The highest BCUT2D eigenvalue weighted by Crippen LogP contribution is 2.31. The molecule has 0 spiro atoms. The first-order valence-electron chi connectivity index (χ1n) is 7.93. The van der Waals surface area contributed by atoms with Crippen molar-refractivity contribution < 1.29 is 9.72 Å². The Labute approximate surface area is 144 Å². The summed E-state index contributed by atoms with van der Waals surface area (Å²) in [7, 11) is 0. The molecule has 0 bridgehead atoms. The van der Waals surface area contributed by atoms with Gasteiger partial charge in [0.1, 0.15) is 5.69 Å². The van der Waals surface area contributed by atoms with Gasteiger partial charge in [0.25, 0.3) is 5.69 Å². The number of nitrogens with zero attached hydrogens (tertiary/aromatic N) is 2. The number of hydrogen-bond donors (Lipinski definition) is 1. The average Bonchev–Trinajstić information content (AvgIpc) is 3.13. The zero-order valence-corrected chi connectivity index (χ0v) is 14.0. The fraction of sp³-hybridized carbons (Fsp3) is 0.353. The molecule has 0 saturated carbocycles. The Morgan fingerprint density at radius 3 is 2.67 bits per heavy atom. The molecule has 7 heteroatoms. The molecule has 0 aliphatic carbocycles. The number of carbonyl (C=O) groups is 1. The van der Waals surface area contributed by atoms with Gasteiger partial charge < -0.3 is 10.2 Å². The van der Waals surface area contributed by atoms with Gasteiger partial charge in [-0.05, 0) is 30.4 Å². The molecule has 1 amide bonds. The van der Waals surface area contributed by atoms with Crippen molar-refractivity contribution in [1.82, 2.24) is 5.32 Å². The first-order valence-corrected chi connectivity index (χ1v) is 8.81. The van der Waals surface area contributed by atoms with E-state index in [1.54, 1.807) is 23.5 Å². The summed E-state index contributed by atoms with van der Waals surface area (Å²) in [5, 5.41) is 16.1. The second-order valence-electron chi connectivity index (χ2n) is 5.80. The predicted octanol–water partition coefficient (Wildman–Crippen LogP) is 3.19. The summed E-state index contributed by atoms with van der Waals surface area (Å²) in [5.41, 5.74) is 0.762. The number of benzene rings is 1. The summed E-state index contributed by atoms with van der Waals surface area (Å²) >= 11 is 1.63. The lowest BCUT2D eigenvalue weighted by Gasteiger charge is -2.32. The number of carbonyl (C=O) groups excluding carboxylic acids is 1. The smallest absolute Gasteiger partial charge is 0.292 e. The standard InChI is InChI=1S/C17H19N3O3S/c21-17(18-12-14-4-3-11-24-14)13-7-9-19(10-8-13)15-5-1-2-6-16(15)20(22)23/h1-6,11,13H,7-10,12H2,(H,18,21). The highest BCUT2D eigenvalue weighted by molar-refractivity contribution is 7.09. The topological polar surface area (TPSA) is 75.5 Å². The zero-order chi connectivity index (χ0) is 16.9. The third-order valence-corrected chi connectivity index (χ3v) is 5.18. The van der Waals surface area contributed by atoms with E-state index in [9.17, 15) is 14.9 Å². The molecule has 1 aromatic heterocycles. The third-order valence-electron chi connectivity index (χ3n) is 4.30. The summed E-state index contributed by atoms with van der Waals surface area (Å²) in [6, 6.07) is 10.7. The molecule has 0 radical (unpaired) electrons. The van der Waals surface area contributed by atoms with Crippen molar-refractivity contribution in [2.75, 3.05) is 18.0 Å². The highest BCUT2D eigenvalue weighted by Gasteiger charge is 2.27. The van der Waals surface area contributed by atoms with Gasteiger partial charge in [0, 0.05) is 30.0 Å². The number of piperidine rings is 1. The first kappa shape index (κ1) is 16.4. The Bertz CT molecular complexity index is 710. The zero-order valence-electron chi connectivity index (χ0n) is 13.2. The van der Waals surface area contributed by atoms with Crippen molar-refractivity contribution in [2.45, 2.75) is 19.4 Å². The van der Waals surface area contributed by atoms with Crippen LogP contribution < -0.4 is 10.2 Å². The molecule has 3 rings (SSSR count). The van der Waals surface area contributed by atoms with Crippen molar-refractivity contribution in [2.24, 2.45) is 5.92 Å². The van der Waals surface area contributed by atoms with Crippen LogP contribution in [0.3, 0.4) is 0 Å². The number of para-hydroxylation sites is 2. The molecule has 126 valence electrons. The molecule has 1 saturated heterocycles. The Morgan fingerprint density at radius 1 is 1.25 bits per heavy atom. The average molecular weight is 345 g/mol. The maximum absolute atomic E-state index is 12.3. The van der Waals surface area contributed by atoms with Crippen LogP contribution in [0.1, 0.15) is 17.7 Å². The minimum Gasteiger partial charge on any atom is -0.366 e. The second kappa shape index (κ2) is 7.44. The lowest BCUT2D eigenvalue weighted by molar-refractivity contribution is -0.384. The van der Waals surface area contributed by atoms with Crippen LogP contribution in [0.25, 0.3) is 0 Å². The SMILES string of the molecule is O=C(NCc1cccs1)C1CCN(c2ccccc2[N+](=O)[O-])CC1. The van der Waals surface area contributed by atoms with E-state index in [1.807, 2.05) is 28.5 Å². The van der Waals surface area contributed by atoms with Gasteiger partial charge in [0.15, 0.2) is 0 Å². The van der Waals surface area contributed by atoms with Crippen LogP contribution in [-0.2, 0) is 11.3 Å². The van der Waals surface area contributed by atoms with Crippen LogP contribution in [0, 0.1) is 16.0 Å². The van der Waals surface area contributed by atoms with Crippen molar-refractivity contribution >= 4 is 28.6 Å². The molecule has 0 atom stereocenters. The van der Waals surface area contributed by atoms with Crippen molar-refractivity contribution in [3.63, 3.8) is 0 Å². The van der Waals surface area contributed by atoms with Crippen LogP contribution in [0.2, 0.25) is 0 Å². The van der Waals surface area contributed by atoms with Gasteiger partial charge >= 0.3 is 0 Å². The highest BCUT2D eigenvalue weighted by atomic mass is 32.1. The minimum absolute atomic E-state index is 0.0241. The van der Waals surface area contributed by atoms with Gasteiger partial charge in [-0.15, -0.1) is 11.3 Å². The maximum Gasteiger partial charge on any atom is 0.292 e. The van der Waals surface area contributed by atoms with Crippen molar-refractivity contribution in [1.29, 1.82) is 0 Å². The second-order valence-corrected chi connectivity index (χ2v) is 6.84. The van der Waals surface area contributed by atoms with E-state index in [4.69, 9.17) is 0 Å². The number of amides is 1. The predicted molar refractivity (Wildman–Crippen MR) is 94.2 cm³/mol. The summed E-state index contributed by atoms with van der Waals surface area (Å²) in [6.45, 7) is 1.88. The largest absolute Gasteiger partial charge is 0.366 e. The summed E-state index contributed by atoms with van der Waals surface area (Å²) in [6.07, 6.45) is 1.42. The fourth-order valence-electron chi connectivity index (χ4n) is 3.00. The Morgan fingerprint density at radius 2 is 2.00 bits per heavy atom. The Hall–Kier alpha value is -2.41. The number of nitro groups is 1. The van der Waals surface area contributed by atoms with Gasteiger partial charge in [-0.2, -0.15) is 0 Å². The van der Waals surface area contributed by atoms with Gasteiger partial charge in [-0.25, -0.2) is 0 Å². The van der Waals surface area contributed by atoms with Crippen LogP contribution in [0.15, 0.2) is 41.8 Å². The van der Waals surface area contributed by atoms with E-state index in [0.29, 0.717) is 38.2 Å². The molecule has 0 unspecified atom stereocenters. The van der Waals surface area contributed by atoms with Crippen LogP contribution in [-0.4, -0.2) is 23.9 Å². The van der Waals surface area contributed by atoms with Crippen LogP contribution in [0.4, 0.5) is 11.4 Å². The van der Waals surface area contributed by atoms with Crippen LogP contribution in [0.5, 0.6) is 0 Å². The van der Waals surface area contributed by atoms with Gasteiger partial charge in [-0.3, -0.25) is 14.9 Å². The Kier molecular flexibility index (Phi) is 5.10. The van der Waals surface area contributed by atoms with Crippen LogP contribution >= 0.6 is 11.3 Å². The van der Waals surface area contributed by atoms with Gasteiger partial charge in [0.05, 0.1) is 11.5 Å². The van der Waals surface area contributed by atoms with E-state index in [1.165, 1.54) is 6.07 Å². The third kappa shape index (κ3) is 3.73. The molecule has 1 aliphatic heterocycles. The molecule has 2 heterocycles. The fourth-order valence-corrected chi connectivity index (χ4v) is 3.64. The molecule has 2 aromatic rings. The number of anilines is 1. The van der Waals surface area contributed by atoms with E-state index < -0.39 is 0 Å². The molecular formula is C17H19N3O3S. The summed E-state index contributed by atoms with van der Waals surface area (Å²) in [4.78, 5) is 26.2. The lowest BCUT2D eigenvalue weighted by Crippen LogP contribution is -2.40. The molecular weight excluding hydrogens is 326 g/mol. The van der Waals surface area contributed by atoms with Crippen molar-refractivity contribution in [3.05, 3.63) is 56.8 Å². The minimum atomic E-state index is -0.352. The maximum atomic E-state index is 12.3. The summed E-state index contributed by atoms with van der Waals surface area (Å²) < 4.78 is 0.